The highest BCUT2D eigenvalue weighted by Gasteiger charge is 2.61. The Morgan fingerprint density at radius 3 is 1.95 bits per heavy atom. The predicted octanol–water partition coefficient (Wildman–Crippen LogP) is 3.09. The van der Waals surface area contributed by atoms with E-state index in [1.807, 2.05) is 12.2 Å². The highest BCUT2D eigenvalue weighted by Crippen LogP contribution is 2.48. The topological polar surface area (TPSA) is 46.6 Å². The number of hydrogen-bond donors (Lipinski definition) is 0. The molecule has 2 amide bonds. The Morgan fingerprint density at radius 1 is 0.857 bits per heavy atom. The van der Waals surface area contributed by atoms with Crippen LogP contribution in [0.5, 0.6) is 0 Å². The standard InChI is InChI=1S/C14H8Cl3NO3/c15-5-3-7(17)8(4-6(5)16)18-13(19)11-9-1-2-10(21-9)12(11)14(18)20/h1-4,9-12H/t9-,10+,11-,12-/m0/s1. The SMILES string of the molecule is O=C1[C@@H]2[C@@H](C(=O)N1c1cc(Cl)c(Cl)cc1Cl)[C@H]1C=C[C@@H]2O1. The molecule has 108 valence electrons. The lowest BCUT2D eigenvalue weighted by atomic mass is 9.85. The molecule has 3 heterocycles. The molecule has 3 aliphatic rings. The lowest BCUT2D eigenvalue weighted by molar-refractivity contribution is -0.124. The number of carbonyl (C=O) groups excluding carboxylic acids is 2. The molecule has 2 saturated heterocycles. The fraction of sp³-hybridized carbons (Fsp3) is 0.286. The van der Waals surface area contributed by atoms with Gasteiger partial charge in [-0.2, -0.15) is 0 Å². The number of amides is 2. The molecule has 4 atom stereocenters. The third-order valence-electron chi connectivity index (χ3n) is 4.14. The predicted molar refractivity (Wildman–Crippen MR) is 78.7 cm³/mol. The summed E-state index contributed by atoms with van der Waals surface area (Å²) < 4.78 is 5.58. The Balaban J connectivity index is 1.80. The van der Waals surface area contributed by atoms with E-state index in [9.17, 15) is 9.59 Å². The molecule has 21 heavy (non-hydrogen) atoms. The molecule has 0 spiro atoms. The van der Waals surface area contributed by atoms with E-state index in [4.69, 9.17) is 39.5 Å². The first-order valence-corrected chi connectivity index (χ1v) is 7.48. The number of imide groups is 1. The zero-order valence-corrected chi connectivity index (χ0v) is 12.7. The number of carbonyl (C=O) groups is 2. The van der Waals surface area contributed by atoms with Crippen molar-refractivity contribution in [1.29, 1.82) is 0 Å². The maximum atomic E-state index is 12.6. The fourth-order valence-electron chi connectivity index (χ4n) is 3.22. The largest absolute Gasteiger partial charge is 0.365 e. The molecule has 0 N–H and O–H groups in total. The van der Waals surface area contributed by atoms with Gasteiger partial charge in [0.05, 0.1) is 44.8 Å². The fourth-order valence-corrected chi connectivity index (χ4v) is 3.85. The van der Waals surface area contributed by atoms with E-state index < -0.39 is 11.8 Å². The van der Waals surface area contributed by atoms with Crippen molar-refractivity contribution in [1.82, 2.24) is 0 Å². The monoisotopic (exact) mass is 343 g/mol. The van der Waals surface area contributed by atoms with E-state index in [-0.39, 0.29) is 44.8 Å². The maximum absolute atomic E-state index is 12.6. The van der Waals surface area contributed by atoms with Gasteiger partial charge in [-0.3, -0.25) is 9.59 Å². The summed E-state index contributed by atoms with van der Waals surface area (Å²) in [6, 6.07) is 2.87. The first kappa shape index (κ1) is 13.6. The van der Waals surface area contributed by atoms with Crippen LogP contribution in [0.2, 0.25) is 15.1 Å². The zero-order chi connectivity index (χ0) is 14.9. The summed E-state index contributed by atoms with van der Waals surface area (Å²) in [5, 5.41) is 0.730. The van der Waals surface area contributed by atoms with Crippen LogP contribution in [0.3, 0.4) is 0 Å². The highest BCUT2D eigenvalue weighted by atomic mass is 35.5. The third-order valence-corrected chi connectivity index (χ3v) is 5.17. The van der Waals surface area contributed by atoms with E-state index in [0.29, 0.717) is 0 Å². The Hall–Kier alpha value is -1.07. The van der Waals surface area contributed by atoms with Crippen molar-refractivity contribution in [2.24, 2.45) is 11.8 Å². The second-order valence-corrected chi connectivity index (χ2v) is 6.45. The van der Waals surface area contributed by atoms with Gasteiger partial charge in [-0.1, -0.05) is 47.0 Å². The van der Waals surface area contributed by atoms with Gasteiger partial charge in [0.25, 0.3) is 0 Å². The Labute approximate surface area is 135 Å². The van der Waals surface area contributed by atoms with Crippen molar-refractivity contribution < 1.29 is 14.3 Å². The molecule has 1 aromatic carbocycles. The van der Waals surface area contributed by atoms with Crippen molar-refractivity contribution in [3.05, 3.63) is 39.4 Å². The number of nitrogens with zero attached hydrogens (tertiary/aromatic N) is 1. The van der Waals surface area contributed by atoms with E-state index in [0.717, 1.165) is 4.90 Å². The van der Waals surface area contributed by atoms with Gasteiger partial charge in [-0.25, -0.2) is 4.90 Å². The molecular weight excluding hydrogens is 337 g/mol. The lowest BCUT2D eigenvalue weighted by Crippen LogP contribution is -2.34. The minimum Gasteiger partial charge on any atom is -0.365 e. The van der Waals surface area contributed by atoms with Crippen LogP contribution in [0.1, 0.15) is 0 Å². The molecule has 3 aliphatic heterocycles. The van der Waals surface area contributed by atoms with E-state index in [1.54, 1.807) is 0 Å². The zero-order valence-electron chi connectivity index (χ0n) is 10.4. The molecule has 2 fully saturated rings. The molecule has 7 heteroatoms. The third kappa shape index (κ3) is 1.73. The van der Waals surface area contributed by atoms with Gasteiger partial charge >= 0.3 is 0 Å². The van der Waals surface area contributed by atoms with Crippen LogP contribution in [-0.2, 0) is 14.3 Å². The molecule has 4 rings (SSSR count). The average molecular weight is 345 g/mol. The van der Waals surface area contributed by atoms with Gasteiger partial charge in [0, 0.05) is 0 Å². The normalized spacial score (nSPS) is 33.2. The maximum Gasteiger partial charge on any atom is 0.240 e. The smallest absolute Gasteiger partial charge is 0.240 e. The summed E-state index contributed by atoms with van der Waals surface area (Å²) >= 11 is 18.0. The highest BCUT2D eigenvalue weighted by molar-refractivity contribution is 6.44. The molecule has 0 saturated carbocycles. The molecule has 0 aliphatic carbocycles. The van der Waals surface area contributed by atoms with Gasteiger partial charge in [0.2, 0.25) is 11.8 Å². The van der Waals surface area contributed by atoms with Gasteiger partial charge in [0.1, 0.15) is 0 Å². The molecule has 0 unspecified atom stereocenters. The first-order chi connectivity index (χ1) is 9.99. The van der Waals surface area contributed by atoms with Crippen LogP contribution in [0.25, 0.3) is 0 Å². The van der Waals surface area contributed by atoms with Crippen LogP contribution >= 0.6 is 34.8 Å². The van der Waals surface area contributed by atoms with Crippen LogP contribution in [0.4, 0.5) is 5.69 Å². The Kier molecular flexibility index (Phi) is 2.89. The number of hydrogen-bond acceptors (Lipinski definition) is 3. The first-order valence-electron chi connectivity index (χ1n) is 6.35. The number of fused-ring (bicyclic) bond motifs is 5. The van der Waals surface area contributed by atoms with Crippen molar-refractivity contribution >= 4 is 52.3 Å². The van der Waals surface area contributed by atoms with Crippen LogP contribution in [0.15, 0.2) is 24.3 Å². The second kappa shape index (κ2) is 4.46. The van der Waals surface area contributed by atoms with E-state index in [2.05, 4.69) is 0 Å². The minimum absolute atomic E-state index is 0.215. The van der Waals surface area contributed by atoms with Crippen LogP contribution < -0.4 is 4.90 Å². The second-order valence-electron chi connectivity index (χ2n) is 5.23. The van der Waals surface area contributed by atoms with Gasteiger partial charge in [0.15, 0.2) is 0 Å². The molecule has 2 bridgehead atoms. The van der Waals surface area contributed by atoms with Crippen molar-refractivity contribution in [2.75, 3.05) is 4.90 Å². The number of anilines is 1. The Morgan fingerprint density at radius 2 is 1.38 bits per heavy atom. The summed E-state index contributed by atoms with van der Waals surface area (Å²) in [6.45, 7) is 0. The summed E-state index contributed by atoms with van der Waals surface area (Å²) in [5.41, 5.74) is 0.273. The summed E-state index contributed by atoms with van der Waals surface area (Å²) in [4.78, 5) is 26.3. The molecule has 0 radical (unpaired) electrons. The van der Waals surface area contributed by atoms with Crippen molar-refractivity contribution in [3.63, 3.8) is 0 Å². The Bertz CT molecular complexity index is 688. The number of ether oxygens (including phenoxy) is 1. The van der Waals surface area contributed by atoms with E-state index in [1.165, 1.54) is 12.1 Å². The summed E-state index contributed by atoms with van der Waals surface area (Å²) in [7, 11) is 0. The summed E-state index contributed by atoms with van der Waals surface area (Å²) in [6.07, 6.45) is 3.00. The molecule has 0 aromatic heterocycles. The quantitative estimate of drug-likeness (QED) is 0.447. The lowest BCUT2D eigenvalue weighted by Gasteiger charge is -2.19. The van der Waals surface area contributed by atoms with Gasteiger partial charge in [-0.05, 0) is 12.1 Å². The number of benzene rings is 1. The van der Waals surface area contributed by atoms with Gasteiger partial charge in [-0.15, -0.1) is 0 Å². The molecular formula is C14H8Cl3NO3. The number of rotatable bonds is 1. The van der Waals surface area contributed by atoms with E-state index >= 15 is 0 Å². The molecule has 4 nitrogen and oxygen atoms in total. The number of halogens is 3. The van der Waals surface area contributed by atoms with Crippen LogP contribution in [-0.4, -0.2) is 24.0 Å². The minimum atomic E-state index is -0.474. The van der Waals surface area contributed by atoms with Gasteiger partial charge < -0.3 is 4.74 Å². The average Bonchev–Trinajstić information content (AvgIpc) is 3.09. The van der Waals surface area contributed by atoms with Crippen molar-refractivity contribution in [3.8, 4) is 0 Å². The molecule has 1 aromatic rings. The van der Waals surface area contributed by atoms with Crippen LogP contribution in [0, 0.1) is 11.8 Å². The summed E-state index contributed by atoms with van der Waals surface area (Å²) in [5.74, 6) is -1.56. The van der Waals surface area contributed by atoms with Crippen molar-refractivity contribution in [2.45, 2.75) is 12.2 Å².